The molecule has 3 heteroatoms. The molecule has 0 aliphatic rings. The van der Waals surface area contributed by atoms with Crippen molar-refractivity contribution < 1.29 is 0 Å². The van der Waals surface area contributed by atoms with Gasteiger partial charge < -0.3 is 5.73 Å². The highest BCUT2D eigenvalue weighted by Gasteiger charge is 2.01. The van der Waals surface area contributed by atoms with E-state index in [-0.39, 0.29) is 18.4 Å². The smallest absolute Gasteiger partial charge is 0.0420 e. The summed E-state index contributed by atoms with van der Waals surface area (Å²) >= 11 is 0. The highest BCUT2D eigenvalue weighted by molar-refractivity contribution is 5.85. The summed E-state index contributed by atoms with van der Waals surface area (Å²) in [4.78, 5) is 4.12. The van der Waals surface area contributed by atoms with Crippen molar-refractivity contribution in [3.05, 3.63) is 29.6 Å². The Morgan fingerprint density at radius 3 is 2.55 bits per heavy atom. The molecule has 0 saturated carbocycles. The average molecular weight is 173 g/mol. The standard InChI is InChI=1S/C8H12N2.ClH/c1-6(9)8-4-3-5-10-7(8)2;/h3-6H,9H2,1-2H3;1H/t6-;/m0./s1. The topological polar surface area (TPSA) is 38.9 Å². The summed E-state index contributed by atoms with van der Waals surface area (Å²) < 4.78 is 0. The number of nitrogens with zero attached hydrogens (tertiary/aromatic N) is 1. The Hall–Kier alpha value is -0.600. The number of aryl methyl sites for hydroxylation is 1. The normalized spacial score (nSPS) is 11.9. The van der Waals surface area contributed by atoms with E-state index in [4.69, 9.17) is 5.73 Å². The van der Waals surface area contributed by atoms with Crippen LogP contribution in [-0.2, 0) is 0 Å². The second-order valence-electron chi connectivity index (χ2n) is 2.47. The first-order valence-electron chi connectivity index (χ1n) is 3.39. The van der Waals surface area contributed by atoms with Crippen LogP contribution in [0.25, 0.3) is 0 Å². The van der Waals surface area contributed by atoms with E-state index in [0.717, 1.165) is 11.3 Å². The molecule has 1 rings (SSSR count). The molecule has 0 bridgehead atoms. The fraction of sp³-hybridized carbons (Fsp3) is 0.375. The zero-order valence-corrected chi connectivity index (χ0v) is 7.56. The highest BCUT2D eigenvalue weighted by atomic mass is 35.5. The predicted molar refractivity (Wildman–Crippen MR) is 48.8 cm³/mol. The quantitative estimate of drug-likeness (QED) is 0.702. The fourth-order valence-corrected chi connectivity index (χ4v) is 0.978. The minimum absolute atomic E-state index is 0. The molecule has 1 atom stereocenters. The van der Waals surface area contributed by atoms with E-state index in [0.29, 0.717) is 0 Å². The molecular formula is C8H13ClN2. The Morgan fingerprint density at radius 2 is 2.18 bits per heavy atom. The van der Waals surface area contributed by atoms with Crippen molar-refractivity contribution in [1.82, 2.24) is 4.98 Å². The van der Waals surface area contributed by atoms with E-state index in [2.05, 4.69) is 4.98 Å². The van der Waals surface area contributed by atoms with Crippen molar-refractivity contribution in [2.45, 2.75) is 19.9 Å². The molecule has 0 fully saturated rings. The van der Waals surface area contributed by atoms with Crippen molar-refractivity contribution in [3.63, 3.8) is 0 Å². The first kappa shape index (κ1) is 10.4. The molecule has 0 amide bonds. The monoisotopic (exact) mass is 172 g/mol. The lowest BCUT2D eigenvalue weighted by Gasteiger charge is -2.06. The molecule has 0 aromatic carbocycles. The van der Waals surface area contributed by atoms with Crippen LogP contribution < -0.4 is 5.73 Å². The Morgan fingerprint density at radius 1 is 1.55 bits per heavy atom. The van der Waals surface area contributed by atoms with E-state index in [9.17, 15) is 0 Å². The summed E-state index contributed by atoms with van der Waals surface area (Å²) in [5, 5.41) is 0. The predicted octanol–water partition coefficient (Wildman–Crippen LogP) is 1.83. The lowest BCUT2D eigenvalue weighted by atomic mass is 10.1. The summed E-state index contributed by atoms with van der Waals surface area (Å²) in [6.45, 7) is 3.93. The van der Waals surface area contributed by atoms with Crippen molar-refractivity contribution in [2.24, 2.45) is 5.73 Å². The number of aromatic nitrogens is 1. The van der Waals surface area contributed by atoms with E-state index < -0.39 is 0 Å². The third kappa shape index (κ3) is 2.48. The molecular weight excluding hydrogens is 160 g/mol. The molecule has 2 N–H and O–H groups in total. The summed E-state index contributed by atoms with van der Waals surface area (Å²) in [5.74, 6) is 0. The number of hydrogen-bond acceptors (Lipinski definition) is 2. The van der Waals surface area contributed by atoms with Gasteiger partial charge in [-0.25, -0.2) is 0 Å². The van der Waals surface area contributed by atoms with Gasteiger partial charge in [-0.15, -0.1) is 12.4 Å². The lowest BCUT2D eigenvalue weighted by Crippen LogP contribution is -2.07. The van der Waals surface area contributed by atoms with Gasteiger partial charge >= 0.3 is 0 Å². The Balaban J connectivity index is 0.000001000. The zero-order chi connectivity index (χ0) is 7.56. The maximum atomic E-state index is 5.67. The van der Waals surface area contributed by atoms with Crippen LogP contribution >= 0.6 is 12.4 Å². The van der Waals surface area contributed by atoms with E-state index in [1.54, 1.807) is 6.20 Å². The van der Waals surface area contributed by atoms with Gasteiger partial charge in [-0.1, -0.05) is 6.07 Å². The number of pyridine rings is 1. The SMILES string of the molecule is Cc1ncccc1[C@H](C)N.Cl. The molecule has 0 aliphatic heterocycles. The molecule has 1 aromatic heterocycles. The minimum atomic E-state index is 0. The van der Waals surface area contributed by atoms with Gasteiger partial charge in [0.05, 0.1) is 0 Å². The minimum Gasteiger partial charge on any atom is -0.324 e. The zero-order valence-electron chi connectivity index (χ0n) is 6.74. The molecule has 0 radical (unpaired) electrons. The number of rotatable bonds is 1. The van der Waals surface area contributed by atoms with Crippen LogP contribution in [0, 0.1) is 6.92 Å². The van der Waals surface area contributed by atoms with Crippen LogP contribution in [0.3, 0.4) is 0 Å². The van der Waals surface area contributed by atoms with Gasteiger partial charge in [0.25, 0.3) is 0 Å². The van der Waals surface area contributed by atoms with E-state index in [1.807, 2.05) is 26.0 Å². The van der Waals surface area contributed by atoms with Crippen molar-refractivity contribution >= 4 is 12.4 Å². The van der Waals surface area contributed by atoms with E-state index >= 15 is 0 Å². The van der Waals surface area contributed by atoms with Crippen LogP contribution in [0.4, 0.5) is 0 Å². The van der Waals surface area contributed by atoms with E-state index in [1.165, 1.54) is 0 Å². The molecule has 0 saturated heterocycles. The highest BCUT2D eigenvalue weighted by Crippen LogP contribution is 2.10. The average Bonchev–Trinajstić information content (AvgIpc) is 1.88. The van der Waals surface area contributed by atoms with Crippen molar-refractivity contribution in [3.8, 4) is 0 Å². The summed E-state index contributed by atoms with van der Waals surface area (Å²) in [6.07, 6.45) is 1.78. The Bertz CT molecular complexity index is 223. The van der Waals surface area contributed by atoms with Crippen LogP contribution in [0.1, 0.15) is 24.2 Å². The lowest BCUT2D eigenvalue weighted by molar-refractivity contribution is 0.799. The van der Waals surface area contributed by atoms with Crippen molar-refractivity contribution in [1.29, 1.82) is 0 Å². The van der Waals surface area contributed by atoms with Gasteiger partial charge in [0.2, 0.25) is 0 Å². The van der Waals surface area contributed by atoms with Gasteiger partial charge in [-0.2, -0.15) is 0 Å². The second-order valence-corrected chi connectivity index (χ2v) is 2.47. The molecule has 2 nitrogen and oxygen atoms in total. The van der Waals surface area contributed by atoms with Gasteiger partial charge in [-0.3, -0.25) is 4.98 Å². The third-order valence-corrected chi connectivity index (χ3v) is 1.54. The molecule has 62 valence electrons. The summed E-state index contributed by atoms with van der Waals surface area (Å²) in [6, 6.07) is 4.01. The number of hydrogen-bond donors (Lipinski definition) is 1. The van der Waals surface area contributed by atoms with Crippen LogP contribution in [-0.4, -0.2) is 4.98 Å². The Labute approximate surface area is 73.2 Å². The molecule has 1 heterocycles. The second kappa shape index (κ2) is 4.31. The first-order chi connectivity index (χ1) is 4.72. The maximum absolute atomic E-state index is 5.67. The molecule has 1 aromatic rings. The van der Waals surface area contributed by atoms with Crippen LogP contribution in [0.15, 0.2) is 18.3 Å². The largest absolute Gasteiger partial charge is 0.324 e. The van der Waals surface area contributed by atoms with Gasteiger partial charge in [0.1, 0.15) is 0 Å². The van der Waals surface area contributed by atoms with Gasteiger partial charge in [0, 0.05) is 17.9 Å². The Kier molecular flexibility index (Phi) is 4.08. The van der Waals surface area contributed by atoms with Crippen LogP contribution in [0.2, 0.25) is 0 Å². The van der Waals surface area contributed by atoms with Gasteiger partial charge in [-0.05, 0) is 25.5 Å². The molecule has 0 spiro atoms. The molecule has 11 heavy (non-hydrogen) atoms. The summed E-state index contributed by atoms with van der Waals surface area (Å²) in [7, 11) is 0. The number of nitrogens with two attached hydrogens (primary N) is 1. The number of halogens is 1. The molecule has 0 unspecified atom stereocenters. The van der Waals surface area contributed by atoms with Crippen molar-refractivity contribution in [2.75, 3.05) is 0 Å². The van der Waals surface area contributed by atoms with Gasteiger partial charge in [0.15, 0.2) is 0 Å². The molecule has 0 aliphatic carbocycles. The maximum Gasteiger partial charge on any atom is 0.0420 e. The third-order valence-electron chi connectivity index (χ3n) is 1.54. The fourth-order valence-electron chi connectivity index (χ4n) is 0.978. The first-order valence-corrected chi connectivity index (χ1v) is 3.39. The van der Waals surface area contributed by atoms with Crippen LogP contribution in [0.5, 0.6) is 0 Å². The summed E-state index contributed by atoms with van der Waals surface area (Å²) in [5.41, 5.74) is 7.83.